The van der Waals surface area contributed by atoms with Gasteiger partial charge in [0.05, 0.1) is 10.6 Å². The van der Waals surface area contributed by atoms with Crippen molar-refractivity contribution in [2.75, 3.05) is 13.1 Å². The lowest BCUT2D eigenvalue weighted by molar-refractivity contribution is -0.122. The van der Waals surface area contributed by atoms with Gasteiger partial charge in [-0.05, 0) is 57.1 Å². The van der Waals surface area contributed by atoms with Crippen LogP contribution in [0.2, 0.25) is 0 Å². The van der Waals surface area contributed by atoms with E-state index in [1.54, 1.807) is 0 Å². The van der Waals surface area contributed by atoms with Crippen LogP contribution in [0.25, 0.3) is 10.2 Å². The molecule has 1 saturated heterocycles. The van der Waals surface area contributed by atoms with Crippen LogP contribution in [0.15, 0.2) is 30.3 Å². The zero-order valence-electron chi connectivity index (χ0n) is 19.3. The third-order valence-corrected chi connectivity index (χ3v) is 7.93. The van der Waals surface area contributed by atoms with E-state index in [2.05, 4.69) is 5.32 Å². The van der Waals surface area contributed by atoms with E-state index in [-0.39, 0.29) is 17.9 Å². The fourth-order valence-corrected chi connectivity index (χ4v) is 5.87. The average molecular weight is 463 g/mol. The molecule has 0 bridgehead atoms. The van der Waals surface area contributed by atoms with Crippen LogP contribution in [0, 0.1) is 13.8 Å². The van der Waals surface area contributed by atoms with E-state index >= 15 is 0 Å². The number of rotatable bonds is 6. The number of benzene rings is 1. The van der Waals surface area contributed by atoms with Crippen molar-refractivity contribution in [2.45, 2.75) is 64.3 Å². The molecule has 1 saturated carbocycles. The van der Waals surface area contributed by atoms with Crippen LogP contribution in [-0.2, 0) is 11.2 Å². The van der Waals surface area contributed by atoms with Crippen LogP contribution in [0.3, 0.4) is 0 Å². The van der Waals surface area contributed by atoms with Crippen LogP contribution < -0.4 is 5.32 Å². The molecule has 33 heavy (non-hydrogen) atoms. The average Bonchev–Trinajstić information content (AvgIpc) is 3.62. The van der Waals surface area contributed by atoms with Gasteiger partial charge in [-0.2, -0.15) is 0 Å². The summed E-state index contributed by atoms with van der Waals surface area (Å²) in [6.07, 6.45) is 5.15. The van der Waals surface area contributed by atoms with E-state index in [0.29, 0.717) is 25.4 Å². The Bertz CT molecular complexity index is 1180. The number of fused-ring (bicyclic) bond motifs is 1. The first-order valence-electron chi connectivity index (χ1n) is 11.9. The molecule has 1 N–H and O–H groups in total. The number of aromatic nitrogens is 2. The highest BCUT2D eigenvalue weighted by Gasteiger charge is 2.30. The van der Waals surface area contributed by atoms with Crippen molar-refractivity contribution in [3.05, 3.63) is 57.9 Å². The maximum absolute atomic E-state index is 13.3. The van der Waals surface area contributed by atoms with Gasteiger partial charge in [0.1, 0.15) is 10.7 Å². The molecular formula is C26H30N4O2S. The van der Waals surface area contributed by atoms with Crippen LogP contribution in [0.5, 0.6) is 0 Å². The van der Waals surface area contributed by atoms with Crippen molar-refractivity contribution in [2.24, 2.45) is 0 Å². The first-order chi connectivity index (χ1) is 16.0. The topological polar surface area (TPSA) is 75.2 Å². The van der Waals surface area contributed by atoms with E-state index in [0.717, 1.165) is 51.4 Å². The molecule has 0 atom stereocenters. The van der Waals surface area contributed by atoms with Gasteiger partial charge in [0.15, 0.2) is 0 Å². The minimum atomic E-state index is 0.0803. The van der Waals surface area contributed by atoms with Crippen molar-refractivity contribution in [1.82, 2.24) is 20.2 Å². The molecule has 7 heteroatoms. The molecule has 3 heterocycles. The van der Waals surface area contributed by atoms with Crippen molar-refractivity contribution < 1.29 is 9.59 Å². The maximum atomic E-state index is 13.3. The Labute approximate surface area is 198 Å². The zero-order valence-corrected chi connectivity index (χ0v) is 20.1. The number of likely N-dealkylation sites (tertiary alicyclic amines) is 1. The molecule has 1 aliphatic carbocycles. The standard InChI is InChI=1S/C26H30N4O2S/c1-16-22-17(2)27-24(19-9-10-19)29-25(22)33-23(16)26(32)30-14-12-20(13-15-30)28-21(31)11-8-18-6-4-3-5-7-18/h3-7,19-20H,8-15H2,1-2H3,(H,28,31). The number of thiophene rings is 1. The number of hydrogen-bond acceptors (Lipinski definition) is 5. The summed E-state index contributed by atoms with van der Waals surface area (Å²) in [5, 5.41) is 4.19. The van der Waals surface area contributed by atoms with Gasteiger partial charge in [-0.3, -0.25) is 9.59 Å². The predicted molar refractivity (Wildman–Crippen MR) is 131 cm³/mol. The van der Waals surface area contributed by atoms with Gasteiger partial charge in [0.25, 0.3) is 5.91 Å². The second kappa shape index (κ2) is 9.21. The largest absolute Gasteiger partial charge is 0.353 e. The SMILES string of the molecule is Cc1nc(C2CC2)nc2sc(C(=O)N3CCC(NC(=O)CCc4ccccc4)CC3)c(C)c12. The minimum absolute atomic E-state index is 0.0803. The summed E-state index contributed by atoms with van der Waals surface area (Å²) in [5.41, 5.74) is 3.15. The van der Waals surface area contributed by atoms with Gasteiger partial charge in [-0.25, -0.2) is 9.97 Å². The summed E-state index contributed by atoms with van der Waals surface area (Å²) < 4.78 is 0. The van der Waals surface area contributed by atoms with Gasteiger partial charge in [0, 0.05) is 36.9 Å². The number of nitrogens with zero attached hydrogens (tertiary/aromatic N) is 3. The normalized spacial score (nSPS) is 16.8. The van der Waals surface area contributed by atoms with Gasteiger partial charge in [-0.15, -0.1) is 11.3 Å². The highest BCUT2D eigenvalue weighted by molar-refractivity contribution is 7.20. The quantitative estimate of drug-likeness (QED) is 0.584. The first kappa shape index (κ1) is 22.0. The lowest BCUT2D eigenvalue weighted by Crippen LogP contribution is -2.46. The predicted octanol–water partition coefficient (Wildman–Crippen LogP) is 4.54. The van der Waals surface area contributed by atoms with Gasteiger partial charge in [-0.1, -0.05) is 30.3 Å². The zero-order chi connectivity index (χ0) is 22.9. The Morgan fingerprint density at radius 3 is 2.48 bits per heavy atom. The summed E-state index contributed by atoms with van der Waals surface area (Å²) >= 11 is 1.50. The van der Waals surface area contributed by atoms with Crippen molar-refractivity contribution in [3.63, 3.8) is 0 Å². The highest BCUT2D eigenvalue weighted by Crippen LogP contribution is 2.40. The number of piperidine rings is 1. The number of amides is 2. The monoisotopic (exact) mass is 462 g/mol. The van der Waals surface area contributed by atoms with Crippen LogP contribution >= 0.6 is 11.3 Å². The fourth-order valence-electron chi connectivity index (χ4n) is 4.66. The summed E-state index contributed by atoms with van der Waals surface area (Å²) in [4.78, 5) is 38.8. The minimum Gasteiger partial charge on any atom is -0.353 e. The third kappa shape index (κ3) is 4.78. The van der Waals surface area contributed by atoms with Gasteiger partial charge in [0.2, 0.25) is 5.91 Å². The summed E-state index contributed by atoms with van der Waals surface area (Å²) in [5.74, 6) is 1.60. The molecule has 0 spiro atoms. The highest BCUT2D eigenvalue weighted by atomic mass is 32.1. The molecule has 1 aliphatic heterocycles. The van der Waals surface area contributed by atoms with E-state index < -0.39 is 0 Å². The Balaban J connectivity index is 1.18. The lowest BCUT2D eigenvalue weighted by atomic mass is 10.0. The Morgan fingerprint density at radius 1 is 1.06 bits per heavy atom. The van der Waals surface area contributed by atoms with Gasteiger partial charge >= 0.3 is 0 Å². The summed E-state index contributed by atoms with van der Waals surface area (Å²) in [6, 6.07) is 10.2. The molecule has 2 aliphatic rings. The molecule has 6 nitrogen and oxygen atoms in total. The second-order valence-corrected chi connectivity index (χ2v) is 10.3. The smallest absolute Gasteiger partial charge is 0.264 e. The van der Waals surface area contributed by atoms with Crippen LogP contribution in [0.1, 0.15) is 70.3 Å². The van der Waals surface area contributed by atoms with Crippen LogP contribution in [-0.4, -0.2) is 45.8 Å². The van der Waals surface area contributed by atoms with Crippen molar-refractivity contribution >= 4 is 33.4 Å². The first-order valence-corrected chi connectivity index (χ1v) is 12.7. The van der Waals surface area contributed by atoms with E-state index in [4.69, 9.17) is 9.97 Å². The molecule has 2 fully saturated rings. The number of carbonyl (C=O) groups excluding carboxylic acids is 2. The van der Waals surface area contributed by atoms with E-state index in [9.17, 15) is 9.59 Å². The molecule has 5 rings (SSSR count). The molecule has 2 aromatic heterocycles. The molecule has 0 unspecified atom stereocenters. The number of hydrogen-bond donors (Lipinski definition) is 1. The summed E-state index contributed by atoms with van der Waals surface area (Å²) in [6.45, 7) is 5.36. The molecule has 172 valence electrons. The van der Waals surface area contributed by atoms with Crippen molar-refractivity contribution in [3.8, 4) is 0 Å². The molecule has 3 aromatic rings. The second-order valence-electron chi connectivity index (χ2n) is 9.30. The Morgan fingerprint density at radius 2 is 1.79 bits per heavy atom. The van der Waals surface area contributed by atoms with E-state index in [1.165, 1.54) is 29.7 Å². The van der Waals surface area contributed by atoms with Crippen molar-refractivity contribution in [1.29, 1.82) is 0 Å². The van der Waals surface area contributed by atoms with Crippen LogP contribution in [0.4, 0.5) is 0 Å². The molecular weight excluding hydrogens is 432 g/mol. The third-order valence-electron chi connectivity index (χ3n) is 6.76. The van der Waals surface area contributed by atoms with Gasteiger partial charge < -0.3 is 10.2 Å². The molecule has 2 amide bonds. The fraction of sp³-hybridized carbons (Fsp3) is 0.462. The maximum Gasteiger partial charge on any atom is 0.264 e. The number of nitrogens with one attached hydrogen (secondary N) is 1. The van der Waals surface area contributed by atoms with E-state index in [1.807, 2.05) is 49.1 Å². The summed E-state index contributed by atoms with van der Waals surface area (Å²) in [7, 11) is 0. The number of carbonyl (C=O) groups is 2. The Kier molecular flexibility index (Phi) is 6.15. The molecule has 0 radical (unpaired) electrons. The lowest BCUT2D eigenvalue weighted by Gasteiger charge is -2.32. The molecule has 1 aromatic carbocycles. The Hall–Kier alpha value is -2.80. The number of aryl methyl sites for hydroxylation is 3.